The van der Waals surface area contributed by atoms with Crippen LogP contribution in [0.25, 0.3) is 10.9 Å². The minimum Gasteiger partial charge on any atom is -0.487 e. The van der Waals surface area contributed by atoms with Crippen molar-refractivity contribution in [1.82, 2.24) is 4.57 Å². The van der Waals surface area contributed by atoms with E-state index < -0.39 is 17.2 Å². The van der Waals surface area contributed by atoms with Crippen LogP contribution in [0.2, 0.25) is 0 Å². The van der Waals surface area contributed by atoms with E-state index in [1.807, 2.05) is 6.92 Å². The molecule has 0 aliphatic carbocycles. The summed E-state index contributed by atoms with van der Waals surface area (Å²) in [6, 6.07) is 0.862. The summed E-state index contributed by atoms with van der Waals surface area (Å²) in [5.74, 6) is -1.81. The minimum atomic E-state index is -1.34. The van der Waals surface area contributed by atoms with Gasteiger partial charge in [-0.05, 0) is 13.0 Å². The predicted octanol–water partition coefficient (Wildman–Crippen LogP) is 1.16. The Morgan fingerprint density at radius 3 is 3.00 bits per heavy atom. The zero-order valence-corrected chi connectivity index (χ0v) is 12.4. The van der Waals surface area contributed by atoms with Crippen molar-refractivity contribution in [2.24, 2.45) is 5.73 Å². The van der Waals surface area contributed by atoms with Gasteiger partial charge in [0.15, 0.2) is 11.6 Å². The first-order chi connectivity index (χ1) is 11.0. The Hall–Kier alpha value is -2.61. The molecule has 1 unspecified atom stereocenters. The van der Waals surface area contributed by atoms with Gasteiger partial charge >= 0.3 is 5.97 Å². The van der Waals surface area contributed by atoms with E-state index in [4.69, 9.17) is 10.5 Å². The summed E-state index contributed by atoms with van der Waals surface area (Å²) in [6.07, 6.45) is 1.29. The van der Waals surface area contributed by atoms with E-state index in [1.165, 1.54) is 6.20 Å². The number of carbonyl (C=O) groups is 1. The van der Waals surface area contributed by atoms with Crippen LogP contribution in [-0.2, 0) is 0 Å². The molecule has 3 rings (SSSR count). The molecular weight excluding hydrogens is 305 g/mol. The number of ether oxygens (including phenoxy) is 1. The fourth-order valence-corrected chi connectivity index (χ4v) is 2.74. The Morgan fingerprint density at radius 2 is 2.35 bits per heavy atom. The monoisotopic (exact) mass is 321 g/mol. The van der Waals surface area contributed by atoms with Crippen LogP contribution in [0.3, 0.4) is 0 Å². The molecule has 0 bridgehead atoms. The van der Waals surface area contributed by atoms with Crippen LogP contribution in [0.5, 0.6) is 5.75 Å². The number of anilines is 1. The Bertz CT molecular complexity index is 862. The molecule has 2 heterocycles. The number of aromatic nitrogens is 1. The Kier molecular flexibility index (Phi) is 3.69. The summed E-state index contributed by atoms with van der Waals surface area (Å²) in [5, 5.41) is 12.0. The molecule has 1 aromatic heterocycles. The summed E-state index contributed by atoms with van der Waals surface area (Å²) in [7, 11) is 0. The average molecular weight is 321 g/mol. The normalized spacial score (nSPS) is 16.2. The van der Waals surface area contributed by atoms with E-state index in [1.54, 1.807) is 4.57 Å². The van der Waals surface area contributed by atoms with Crippen LogP contribution in [0, 0.1) is 5.82 Å². The molecule has 23 heavy (non-hydrogen) atoms. The third kappa shape index (κ3) is 2.31. The first kappa shape index (κ1) is 15.3. The molecule has 1 aliphatic rings. The van der Waals surface area contributed by atoms with Crippen LogP contribution < -0.4 is 21.2 Å². The largest absolute Gasteiger partial charge is 0.487 e. The second-order valence-electron chi connectivity index (χ2n) is 5.42. The number of halogens is 1. The van der Waals surface area contributed by atoms with Crippen molar-refractivity contribution in [3.63, 3.8) is 0 Å². The summed E-state index contributed by atoms with van der Waals surface area (Å²) in [6.45, 7) is 2.71. The highest BCUT2D eigenvalue weighted by Crippen LogP contribution is 2.39. The SMILES string of the molecule is CC1COc2c(NCCN)c(F)cc3c(=O)c(C(=O)O)cn1c23. The van der Waals surface area contributed by atoms with Gasteiger partial charge in [0, 0.05) is 19.3 Å². The topological polar surface area (TPSA) is 107 Å². The van der Waals surface area contributed by atoms with Crippen molar-refractivity contribution in [1.29, 1.82) is 0 Å². The molecule has 0 saturated heterocycles. The molecular formula is C15H16FN3O4. The van der Waals surface area contributed by atoms with Gasteiger partial charge in [-0.25, -0.2) is 9.18 Å². The number of nitrogens with one attached hydrogen (secondary N) is 1. The smallest absolute Gasteiger partial charge is 0.341 e. The fraction of sp³-hybridized carbons (Fsp3) is 0.333. The fourth-order valence-electron chi connectivity index (χ4n) is 2.74. The van der Waals surface area contributed by atoms with Crippen molar-refractivity contribution in [2.75, 3.05) is 25.0 Å². The molecule has 1 aliphatic heterocycles. The maximum atomic E-state index is 14.4. The van der Waals surface area contributed by atoms with E-state index in [0.29, 0.717) is 18.6 Å². The highest BCUT2D eigenvalue weighted by molar-refractivity contribution is 5.97. The number of carboxylic acids is 1. The third-order valence-electron chi connectivity index (χ3n) is 3.84. The van der Waals surface area contributed by atoms with Crippen LogP contribution in [0.15, 0.2) is 17.1 Å². The summed E-state index contributed by atoms with van der Waals surface area (Å²) < 4.78 is 21.6. The predicted molar refractivity (Wildman–Crippen MR) is 82.9 cm³/mol. The lowest BCUT2D eigenvalue weighted by atomic mass is 10.1. The number of rotatable bonds is 4. The van der Waals surface area contributed by atoms with Crippen molar-refractivity contribution in [2.45, 2.75) is 13.0 Å². The number of benzene rings is 1. The minimum absolute atomic E-state index is 0.0118. The van der Waals surface area contributed by atoms with Crippen molar-refractivity contribution in [3.8, 4) is 5.75 Å². The zero-order valence-electron chi connectivity index (χ0n) is 12.4. The summed E-state index contributed by atoms with van der Waals surface area (Å²) >= 11 is 0. The Balaban J connectivity index is 2.40. The second-order valence-corrected chi connectivity index (χ2v) is 5.42. The Labute approximate surface area is 130 Å². The van der Waals surface area contributed by atoms with Crippen molar-refractivity contribution < 1.29 is 19.0 Å². The lowest BCUT2D eigenvalue weighted by Gasteiger charge is -2.28. The van der Waals surface area contributed by atoms with E-state index in [-0.39, 0.29) is 35.0 Å². The Morgan fingerprint density at radius 1 is 1.61 bits per heavy atom. The number of pyridine rings is 1. The number of nitrogens with zero attached hydrogens (tertiary/aromatic N) is 1. The summed E-state index contributed by atoms with van der Waals surface area (Å²) in [5.41, 5.74) is 4.83. The second kappa shape index (κ2) is 5.54. The van der Waals surface area contributed by atoms with E-state index in [9.17, 15) is 19.1 Å². The standard InChI is InChI=1S/C15H16FN3O4/c1-7-6-23-14-11(18-3-2-17)10(16)4-8-12(14)19(7)5-9(13(8)20)15(21)22/h4-5,7,18H,2-3,6,17H2,1H3,(H,21,22). The van der Waals surface area contributed by atoms with Crippen LogP contribution >= 0.6 is 0 Å². The number of hydrogen-bond donors (Lipinski definition) is 3. The molecule has 2 aromatic rings. The van der Waals surface area contributed by atoms with Gasteiger partial charge in [-0.15, -0.1) is 0 Å². The molecule has 7 nitrogen and oxygen atoms in total. The van der Waals surface area contributed by atoms with Gasteiger partial charge < -0.3 is 25.5 Å². The van der Waals surface area contributed by atoms with Gasteiger partial charge in [0.2, 0.25) is 5.43 Å². The van der Waals surface area contributed by atoms with Crippen molar-refractivity contribution >= 4 is 22.6 Å². The lowest BCUT2D eigenvalue weighted by molar-refractivity contribution is 0.0694. The molecule has 0 amide bonds. The lowest BCUT2D eigenvalue weighted by Crippen LogP contribution is -2.27. The maximum Gasteiger partial charge on any atom is 0.341 e. The van der Waals surface area contributed by atoms with Gasteiger partial charge in [0.25, 0.3) is 0 Å². The quantitative estimate of drug-likeness (QED) is 0.780. The number of nitrogens with two attached hydrogens (primary N) is 1. The molecule has 122 valence electrons. The van der Waals surface area contributed by atoms with Gasteiger partial charge in [-0.1, -0.05) is 0 Å². The first-order valence-corrected chi connectivity index (χ1v) is 7.17. The zero-order chi connectivity index (χ0) is 16.7. The average Bonchev–Trinajstić information content (AvgIpc) is 2.51. The van der Waals surface area contributed by atoms with Crippen molar-refractivity contribution in [3.05, 3.63) is 33.9 Å². The molecule has 8 heteroatoms. The van der Waals surface area contributed by atoms with E-state index in [0.717, 1.165) is 6.07 Å². The van der Waals surface area contributed by atoms with Gasteiger partial charge in [-0.3, -0.25) is 4.79 Å². The number of hydrogen-bond acceptors (Lipinski definition) is 5. The summed E-state index contributed by atoms with van der Waals surface area (Å²) in [4.78, 5) is 23.6. The molecule has 1 aromatic carbocycles. The third-order valence-corrected chi connectivity index (χ3v) is 3.84. The molecule has 1 atom stereocenters. The van der Waals surface area contributed by atoms with Gasteiger partial charge in [0.1, 0.15) is 17.9 Å². The molecule has 4 N–H and O–H groups in total. The molecule has 0 spiro atoms. The van der Waals surface area contributed by atoms with Gasteiger partial charge in [0.05, 0.1) is 16.9 Å². The van der Waals surface area contributed by atoms with Crippen LogP contribution in [-0.4, -0.2) is 35.3 Å². The highest BCUT2D eigenvalue weighted by Gasteiger charge is 2.27. The van der Waals surface area contributed by atoms with Crippen LogP contribution in [0.1, 0.15) is 23.3 Å². The van der Waals surface area contributed by atoms with E-state index >= 15 is 0 Å². The highest BCUT2D eigenvalue weighted by atomic mass is 19.1. The van der Waals surface area contributed by atoms with Gasteiger partial charge in [-0.2, -0.15) is 0 Å². The molecule has 0 radical (unpaired) electrons. The van der Waals surface area contributed by atoms with E-state index in [2.05, 4.69) is 5.32 Å². The number of aromatic carboxylic acids is 1. The number of carboxylic acid groups (broad SMARTS) is 1. The van der Waals surface area contributed by atoms with Crippen LogP contribution in [0.4, 0.5) is 10.1 Å². The molecule has 0 fully saturated rings. The molecule has 0 saturated carbocycles. The maximum absolute atomic E-state index is 14.4. The first-order valence-electron chi connectivity index (χ1n) is 7.17.